The molecule has 2 aromatic carbocycles. The molecule has 3 rings (SSSR count). The van der Waals surface area contributed by atoms with E-state index >= 15 is 0 Å². The normalized spacial score (nSPS) is 14.9. The number of para-hydroxylation sites is 2. The van der Waals surface area contributed by atoms with Gasteiger partial charge in [0, 0.05) is 31.9 Å². The summed E-state index contributed by atoms with van der Waals surface area (Å²) in [5, 5.41) is 0. The minimum Gasteiger partial charge on any atom is -0.368 e. The predicted octanol–water partition coefficient (Wildman–Crippen LogP) is 2.11. The molecule has 144 valence electrons. The predicted molar refractivity (Wildman–Crippen MR) is 109 cm³/mol. The van der Waals surface area contributed by atoms with Crippen LogP contribution in [0.1, 0.15) is 5.56 Å². The van der Waals surface area contributed by atoms with Crippen molar-refractivity contribution in [3.8, 4) is 0 Å². The molecule has 0 N–H and O–H groups in total. The standard InChI is InChI=1S/C20H25N3O3S/c1-17-8-6-7-11-19(17)23(27(2,25)26)16-20(24)22-14-12-21(13-15-22)18-9-4-3-5-10-18/h3-11H,12-16H2,1-2H3. The van der Waals surface area contributed by atoms with Gasteiger partial charge in [-0.25, -0.2) is 8.42 Å². The molecule has 0 saturated carbocycles. The summed E-state index contributed by atoms with van der Waals surface area (Å²) in [5.74, 6) is -0.170. The lowest BCUT2D eigenvalue weighted by Gasteiger charge is -2.37. The van der Waals surface area contributed by atoms with Gasteiger partial charge in [-0.1, -0.05) is 36.4 Å². The molecule has 1 aliphatic rings. The van der Waals surface area contributed by atoms with Crippen molar-refractivity contribution in [1.29, 1.82) is 0 Å². The van der Waals surface area contributed by atoms with E-state index in [0.717, 1.165) is 30.6 Å². The number of nitrogens with zero attached hydrogens (tertiary/aromatic N) is 3. The number of benzene rings is 2. The second-order valence-corrected chi connectivity index (χ2v) is 8.67. The molecule has 0 radical (unpaired) electrons. The zero-order chi connectivity index (χ0) is 19.4. The summed E-state index contributed by atoms with van der Waals surface area (Å²) < 4.78 is 25.8. The Labute approximate surface area is 161 Å². The van der Waals surface area contributed by atoms with Crippen molar-refractivity contribution in [1.82, 2.24) is 4.90 Å². The Bertz CT molecular complexity index is 892. The first kappa shape index (κ1) is 19.2. The Kier molecular flexibility index (Phi) is 5.70. The fraction of sp³-hybridized carbons (Fsp3) is 0.350. The summed E-state index contributed by atoms with van der Waals surface area (Å²) in [5.41, 5.74) is 2.52. The molecule has 2 aromatic rings. The highest BCUT2D eigenvalue weighted by molar-refractivity contribution is 7.92. The van der Waals surface area contributed by atoms with E-state index in [0.29, 0.717) is 18.8 Å². The van der Waals surface area contributed by atoms with Crippen LogP contribution < -0.4 is 9.21 Å². The molecule has 1 fully saturated rings. The van der Waals surface area contributed by atoms with E-state index in [-0.39, 0.29) is 12.5 Å². The summed E-state index contributed by atoms with van der Waals surface area (Å²) in [4.78, 5) is 16.8. The number of aryl methyl sites for hydroxylation is 1. The molecule has 0 aliphatic carbocycles. The zero-order valence-electron chi connectivity index (χ0n) is 15.7. The number of sulfonamides is 1. The Morgan fingerprint density at radius 1 is 0.963 bits per heavy atom. The molecule has 0 aromatic heterocycles. The van der Waals surface area contributed by atoms with Gasteiger partial charge in [0.15, 0.2) is 0 Å². The van der Waals surface area contributed by atoms with Gasteiger partial charge < -0.3 is 9.80 Å². The van der Waals surface area contributed by atoms with Gasteiger partial charge in [0.2, 0.25) is 15.9 Å². The number of hydrogen-bond acceptors (Lipinski definition) is 4. The molecular weight excluding hydrogens is 362 g/mol. The molecule has 1 saturated heterocycles. The third-order valence-electron chi connectivity index (χ3n) is 4.82. The van der Waals surface area contributed by atoms with Gasteiger partial charge >= 0.3 is 0 Å². The van der Waals surface area contributed by atoms with E-state index < -0.39 is 10.0 Å². The van der Waals surface area contributed by atoms with E-state index in [4.69, 9.17) is 0 Å². The fourth-order valence-electron chi connectivity index (χ4n) is 3.30. The van der Waals surface area contributed by atoms with E-state index in [1.54, 1.807) is 17.0 Å². The van der Waals surface area contributed by atoms with Gasteiger partial charge in [0.25, 0.3) is 0 Å². The lowest BCUT2D eigenvalue weighted by Crippen LogP contribution is -2.52. The molecule has 1 heterocycles. The van der Waals surface area contributed by atoms with Crippen molar-refractivity contribution in [3.63, 3.8) is 0 Å². The van der Waals surface area contributed by atoms with Crippen LogP contribution in [-0.4, -0.2) is 58.2 Å². The van der Waals surface area contributed by atoms with Crippen LogP contribution >= 0.6 is 0 Å². The van der Waals surface area contributed by atoms with Crippen molar-refractivity contribution >= 4 is 27.3 Å². The smallest absolute Gasteiger partial charge is 0.243 e. The van der Waals surface area contributed by atoms with Crippen LogP contribution in [0.4, 0.5) is 11.4 Å². The minimum atomic E-state index is -3.55. The maximum absolute atomic E-state index is 12.8. The van der Waals surface area contributed by atoms with Crippen molar-refractivity contribution in [2.45, 2.75) is 6.92 Å². The van der Waals surface area contributed by atoms with E-state index in [2.05, 4.69) is 17.0 Å². The Hall–Kier alpha value is -2.54. The second-order valence-electron chi connectivity index (χ2n) is 6.76. The first-order chi connectivity index (χ1) is 12.9. The lowest BCUT2D eigenvalue weighted by molar-refractivity contribution is -0.129. The van der Waals surface area contributed by atoms with Crippen molar-refractivity contribution in [2.24, 2.45) is 0 Å². The number of rotatable bonds is 5. The number of carbonyl (C=O) groups excluding carboxylic acids is 1. The fourth-order valence-corrected chi connectivity index (χ4v) is 4.21. The molecule has 1 amide bonds. The van der Waals surface area contributed by atoms with Crippen LogP contribution in [0.15, 0.2) is 54.6 Å². The Morgan fingerprint density at radius 3 is 2.15 bits per heavy atom. The minimum absolute atomic E-state index is 0.170. The van der Waals surface area contributed by atoms with Crippen LogP contribution in [-0.2, 0) is 14.8 Å². The Morgan fingerprint density at radius 2 is 1.56 bits per heavy atom. The molecule has 7 heteroatoms. The van der Waals surface area contributed by atoms with Crippen molar-refractivity contribution in [3.05, 3.63) is 60.2 Å². The summed E-state index contributed by atoms with van der Waals surface area (Å²) in [6, 6.07) is 17.3. The van der Waals surface area contributed by atoms with Gasteiger partial charge in [-0.15, -0.1) is 0 Å². The third-order valence-corrected chi connectivity index (χ3v) is 5.94. The molecule has 6 nitrogen and oxygen atoms in total. The SMILES string of the molecule is Cc1ccccc1N(CC(=O)N1CCN(c2ccccc2)CC1)S(C)(=O)=O. The van der Waals surface area contributed by atoms with Gasteiger partial charge in [0.1, 0.15) is 6.54 Å². The maximum Gasteiger partial charge on any atom is 0.243 e. The summed E-state index contributed by atoms with van der Waals surface area (Å²) >= 11 is 0. The molecule has 0 atom stereocenters. The van der Waals surface area contributed by atoms with Crippen molar-refractivity contribution in [2.75, 3.05) is 48.2 Å². The number of anilines is 2. The summed E-state index contributed by atoms with van der Waals surface area (Å²) in [6.07, 6.45) is 1.14. The molecule has 0 unspecified atom stereocenters. The molecule has 0 spiro atoms. The zero-order valence-corrected chi connectivity index (χ0v) is 16.5. The second kappa shape index (κ2) is 8.00. The molecule has 1 aliphatic heterocycles. The first-order valence-corrected chi connectivity index (χ1v) is 10.8. The number of amides is 1. The van der Waals surface area contributed by atoms with Gasteiger partial charge in [-0.05, 0) is 30.7 Å². The topological polar surface area (TPSA) is 60.9 Å². The van der Waals surface area contributed by atoms with E-state index in [1.165, 1.54) is 4.31 Å². The first-order valence-electron chi connectivity index (χ1n) is 8.97. The number of carbonyl (C=O) groups is 1. The van der Waals surface area contributed by atoms with Crippen LogP contribution in [0.2, 0.25) is 0 Å². The molecule has 27 heavy (non-hydrogen) atoms. The lowest BCUT2D eigenvalue weighted by atomic mass is 10.2. The van der Waals surface area contributed by atoms with Gasteiger partial charge in [-0.2, -0.15) is 0 Å². The molecule has 0 bridgehead atoms. The maximum atomic E-state index is 12.8. The summed E-state index contributed by atoms with van der Waals surface area (Å²) in [6.45, 7) is 4.31. The summed E-state index contributed by atoms with van der Waals surface area (Å²) in [7, 11) is -3.55. The van der Waals surface area contributed by atoms with E-state index in [9.17, 15) is 13.2 Å². The van der Waals surface area contributed by atoms with Crippen molar-refractivity contribution < 1.29 is 13.2 Å². The number of piperazine rings is 1. The third kappa shape index (κ3) is 4.60. The highest BCUT2D eigenvalue weighted by Crippen LogP contribution is 2.22. The van der Waals surface area contributed by atoms with Gasteiger partial charge in [0.05, 0.1) is 11.9 Å². The Balaban J connectivity index is 1.68. The largest absolute Gasteiger partial charge is 0.368 e. The van der Waals surface area contributed by atoms with Gasteiger partial charge in [-0.3, -0.25) is 9.10 Å². The van der Waals surface area contributed by atoms with Crippen LogP contribution in [0.5, 0.6) is 0 Å². The van der Waals surface area contributed by atoms with E-state index in [1.807, 2.05) is 37.3 Å². The highest BCUT2D eigenvalue weighted by atomic mass is 32.2. The monoisotopic (exact) mass is 387 g/mol. The highest BCUT2D eigenvalue weighted by Gasteiger charge is 2.27. The van der Waals surface area contributed by atoms with Crippen LogP contribution in [0, 0.1) is 6.92 Å². The average Bonchev–Trinajstić information content (AvgIpc) is 2.66. The number of hydrogen-bond donors (Lipinski definition) is 0. The molecular formula is C20H25N3O3S. The van der Waals surface area contributed by atoms with Crippen LogP contribution in [0.3, 0.4) is 0 Å². The quantitative estimate of drug-likeness (QED) is 0.788. The van der Waals surface area contributed by atoms with Crippen LogP contribution in [0.25, 0.3) is 0 Å². The average molecular weight is 388 g/mol.